The molecule has 0 aliphatic heterocycles. The molecular weight excluding hydrogens is 198 g/mol. The largest absolute Gasteiger partial charge is 0.504 e. The lowest BCUT2D eigenvalue weighted by molar-refractivity contribution is 0.0743. The minimum Gasteiger partial charge on any atom is -0.374 e. The van der Waals surface area contributed by atoms with Crippen molar-refractivity contribution in [1.82, 2.24) is 6.15 Å². The van der Waals surface area contributed by atoms with Crippen LogP contribution in [0.5, 0.6) is 0 Å². The molecule has 0 rings (SSSR count). The van der Waals surface area contributed by atoms with E-state index in [2.05, 4.69) is 6.58 Å². The Kier molecular flexibility index (Phi) is 10.8. The molecule has 0 saturated heterocycles. The van der Waals surface area contributed by atoms with Crippen LogP contribution in [0.15, 0.2) is 12.7 Å². The van der Waals surface area contributed by atoms with Crippen molar-refractivity contribution in [2.45, 2.75) is 26.8 Å². The first-order valence-corrected chi connectivity index (χ1v) is 6.70. The van der Waals surface area contributed by atoms with Gasteiger partial charge in [-0.3, -0.25) is 0 Å². The van der Waals surface area contributed by atoms with Crippen LogP contribution in [0.3, 0.4) is 0 Å². The van der Waals surface area contributed by atoms with Crippen molar-refractivity contribution in [3.63, 3.8) is 0 Å². The minimum absolute atomic E-state index is 0. The molecule has 14 heavy (non-hydrogen) atoms. The maximum atomic E-state index is 5.57. The van der Waals surface area contributed by atoms with Crippen molar-refractivity contribution >= 4 is 8.80 Å². The maximum absolute atomic E-state index is 5.57. The Morgan fingerprint density at radius 1 is 1.00 bits per heavy atom. The normalized spacial score (nSPS) is 10.8. The lowest BCUT2D eigenvalue weighted by atomic mass is 10.8. The summed E-state index contributed by atoms with van der Waals surface area (Å²) in [6.07, 6.45) is 1.80. The number of hydrogen-bond donors (Lipinski definition) is 1. The van der Waals surface area contributed by atoms with Crippen molar-refractivity contribution in [2.75, 3.05) is 19.8 Å². The van der Waals surface area contributed by atoms with E-state index < -0.39 is 8.80 Å². The molecule has 0 aliphatic rings. The number of hydrogen-bond acceptors (Lipinski definition) is 4. The van der Waals surface area contributed by atoms with E-state index in [1.165, 1.54) is 0 Å². The quantitative estimate of drug-likeness (QED) is 0.505. The highest BCUT2D eigenvalue weighted by Crippen LogP contribution is 2.15. The summed E-state index contributed by atoms with van der Waals surface area (Å²) in [6, 6.07) is 0.683. The summed E-state index contributed by atoms with van der Waals surface area (Å²) in [7, 11) is -2.41. The summed E-state index contributed by atoms with van der Waals surface area (Å²) in [5.41, 5.74) is 0. The maximum Gasteiger partial charge on any atom is 0.504 e. The second-order valence-corrected chi connectivity index (χ2v) is 5.12. The topological polar surface area (TPSA) is 62.7 Å². The van der Waals surface area contributed by atoms with Crippen molar-refractivity contribution in [3.8, 4) is 0 Å². The Bertz CT molecular complexity index is 127. The van der Waals surface area contributed by atoms with Gasteiger partial charge >= 0.3 is 8.80 Å². The molecule has 0 heterocycles. The molecule has 86 valence electrons. The van der Waals surface area contributed by atoms with Crippen LogP contribution >= 0.6 is 0 Å². The van der Waals surface area contributed by atoms with Gasteiger partial charge in [0.15, 0.2) is 0 Å². The van der Waals surface area contributed by atoms with Crippen LogP contribution in [0.25, 0.3) is 0 Å². The van der Waals surface area contributed by atoms with Crippen LogP contribution in [-0.4, -0.2) is 28.6 Å². The summed E-state index contributed by atoms with van der Waals surface area (Å²) in [5, 5.41) is 0. The molecule has 0 saturated carbocycles. The molecule has 0 amide bonds. The fraction of sp³-hybridized carbons (Fsp3) is 0.778. The van der Waals surface area contributed by atoms with E-state index in [0.29, 0.717) is 25.9 Å². The highest BCUT2D eigenvalue weighted by atomic mass is 28.4. The average Bonchev–Trinajstić information content (AvgIpc) is 2.06. The predicted molar refractivity (Wildman–Crippen MR) is 60.7 cm³/mol. The minimum atomic E-state index is -2.41. The molecule has 5 heteroatoms. The Labute approximate surface area is 88.2 Å². The molecule has 4 nitrogen and oxygen atoms in total. The van der Waals surface area contributed by atoms with Gasteiger partial charge in [0.05, 0.1) is 0 Å². The summed E-state index contributed by atoms with van der Waals surface area (Å²) >= 11 is 0. The third-order valence-electron chi connectivity index (χ3n) is 1.49. The first kappa shape index (κ1) is 16.2. The van der Waals surface area contributed by atoms with Gasteiger partial charge in [0, 0.05) is 25.9 Å². The van der Waals surface area contributed by atoms with E-state index in [0.717, 1.165) is 0 Å². The van der Waals surface area contributed by atoms with Gasteiger partial charge in [0.1, 0.15) is 0 Å². The Morgan fingerprint density at radius 3 is 1.57 bits per heavy atom. The molecule has 0 aromatic carbocycles. The number of rotatable bonds is 8. The van der Waals surface area contributed by atoms with E-state index in [1.54, 1.807) is 6.08 Å². The van der Waals surface area contributed by atoms with Crippen LogP contribution in [0, 0.1) is 0 Å². The van der Waals surface area contributed by atoms with Gasteiger partial charge in [-0.1, -0.05) is 6.08 Å². The summed E-state index contributed by atoms with van der Waals surface area (Å²) in [4.78, 5) is 0. The van der Waals surface area contributed by atoms with Crippen molar-refractivity contribution in [3.05, 3.63) is 12.7 Å². The highest BCUT2D eigenvalue weighted by Gasteiger charge is 2.38. The van der Waals surface area contributed by atoms with Gasteiger partial charge in [-0.05, 0) is 20.8 Å². The van der Waals surface area contributed by atoms with E-state index >= 15 is 0 Å². The third kappa shape index (κ3) is 5.51. The molecule has 0 radical (unpaired) electrons. The molecule has 0 aromatic rings. The van der Waals surface area contributed by atoms with Crippen LogP contribution in [-0.2, 0) is 13.3 Å². The van der Waals surface area contributed by atoms with Crippen molar-refractivity contribution in [2.24, 2.45) is 0 Å². The zero-order chi connectivity index (χ0) is 10.2. The standard InChI is InChI=1S/C9H20O3Si.H3N/c1-5-9-13(10-6-2,11-7-3)12-8-4;/h5H,1,6-9H2,2-4H3;1H3. The molecule has 0 spiro atoms. The van der Waals surface area contributed by atoms with Crippen molar-refractivity contribution in [1.29, 1.82) is 0 Å². The Morgan fingerprint density at radius 2 is 1.36 bits per heavy atom. The second kappa shape index (κ2) is 9.36. The summed E-state index contributed by atoms with van der Waals surface area (Å²) in [5.74, 6) is 0. The fourth-order valence-corrected chi connectivity index (χ4v) is 3.41. The highest BCUT2D eigenvalue weighted by molar-refractivity contribution is 6.61. The lowest BCUT2D eigenvalue weighted by Crippen LogP contribution is -2.45. The van der Waals surface area contributed by atoms with Crippen LogP contribution < -0.4 is 6.15 Å². The first-order chi connectivity index (χ1) is 6.24. The van der Waals surface area contributed by atoms with Gasteiger partial charge in [-0.15, -0.1) is 6.58 Å². The number of allylic oxidation sites excluding steroid dienone is 1. The zero-order valence-electron chi connectivity index (χ0n) is 9.54. The van der Waals surface area contributed by atoms with Gasteiger partial charge in [-0.2, -0.15) is 0 Å². The molecular formula is C9H23NO3Si. The van der Waals surface area contributed by atoms with E-state index in [1.807, 2.05) is 20.8 Å². The Balaban J connectivity index is 0. The molecule has 0 unspecified atom stereocenters. The van der Waals surface area contributed by atoms with Crippen LogP contribution in [0.4, 0.5) is 0 Å². The fourth-order valence-electron chi connectivity index (χ4n) is 1.14. The second-order valence-electron chi connectivity index (χ2n) is 2.47. The molecule has 0 fully saturated rings. The monoisotopic (exact) mass is 221 g/mol. The lowest BCUT2D eigenvalue weighted by Gasteiger charge is -2.27. The first-order valence-electron chi connectivity index (χ1n) is 4.77. The van der Waals surface area contributed by atoms with Crippen LogP contribution in [0.2, 0.25) is 6.04 Å². The summed E-state index contributed by atoms with van der Waals surface area (Å²) in [6.45, 7) is 11.4. The van der Waals surface area contributed by atoms with Gasteiger partial charge in [0.2, 0.25) is 0 Å². The smallest absolute Gasteiger partial charge is 0.374 e. The molecule has 3 N–H and O–H groups in total. The predicted octanol–water partition coefficient (Wildman–Crippen LogP) is 2.38. The van der Waals surface area contributed by atoms with E-state index in [4.69, 9.17) is 13.3 Å². The van der Waals surface area contributed by atoms with Crippen LogP contribution in [0.1, 0.15) is 20.8 Å². The van der Waals surface area contributed by atoms with E-state index in [9.17, 15) is 0 Å². The van der Waals surface area contributed by atoms with Gasteiger partial charge in [-0.25, -0.2) is 0 Å². The van der Waals surface area contributed by atoms with Crippen molar-refractivity contribution < 1.29 is 13.3 Å². The SMILES string of the molecule is C=CC[Si](OCC)(OCC)OCC.N. The Hall–Kier alpha value is -0.203. The average molecular weight is 221 g/mol. The van der Waals surface area contributed by atoms with Gasteiger partial charge < -0.3 is 19.4 Å². The molecule has 0 aromatic heterocycles. The molecule has 0 bridgehead atoms. The van der Waals surface area contributed by atoms with E-state index in [-0.39, 0.29) is 6.15 Å². The zero-order valence-corrected chi connectivity index (χ0v) is 10.5. The molecule has 0 atom stereocenters. The molecule has 0 aliphatic carbocycles. The summed E-state index contributed by atoms with van der Waals surface area (Å²) < 4.78 is 16.7. The van der Waals surface area contributed by atoms with Gasteiger partial charge in [0.25, 0.3) is 0 Å². The third-order valence-corrected chi connectivity index (χ3v) is 4.46.